The van der Waals surface area contributed by atoms with Crippen LogP contribution in [-0.2, 0) is 6.42 Å². The third-order valence-corrected chi connectivity index (χ3v) is 3.14. The van der Waals surface area contributed by atoms with Crippen molar-refractivity contribution in [1.82, 2.24) is 0 Å². The minimum Gasteiger partial charge on any atom is -0.195 e. The van der Waals surface area contributed by atoms with Crippen LogP contribution in [0.25, 0.3) is 0 Å². The van der Waals surface area contributed by atoms with Gasteiger partial charge in [0.15, 0.2) is 0 Å². The number of hydrogen-bond donors (Lipinski definition) is 0. The van der Waals surface area contributed by atoms with Gasteiger partial charge in [0.25, 0.3) is 0 Å². The minimum atomic E-state index is -1.33. The molecule has 0 aliphatic carbocycles. The predicted octanol–water partition coefficient (Wildman–Crippen LogP) is 4.00. The molecule has 74 valence electrons. The zero-order chi connectivity index (χ0) is 10.8. The van der Waals surface area contributed by atoms with E-state index in [1.807, 2.05) is 31.2 Å². The van der Waals surface area contributed by atoms with Crippen molar-refractivity contribution >= 4 is 39.1 Å². The quantitative estimate of drug-likeness (QED) is 0.756. The van der Waals surface area contributed by atoms with Gasteiger partial charge in [0, 0.05) is 10.9 Å². The van der Waals surface area contributed by atoms with E-state index in [9.17, 15) is 0 Å². The number of halogens is 3. The Morgan fingerprint density at radius 3 is 2.64 bits per heavy atom. The molecule has 0 unspecified atom stereocenters. The highest BCUT2D eigenvalue weighted by Crippen LogP contribution is 2.26. The zero-order valence-electron chi connectivity index (χ0n) is 7.52. The van der Waals surface area contributed by atoms with Gasteiger partial charge in [0.2, 0.25) is 4.33 Å². The molecule has 0 spiro atoms. The molecular weight excluding hydrogens is 285 g/mol. The molecule has 0 saturated carbocycles. The van der Waals surface area contributed by atoms with Crippen LogP contribution in [0.15, 0.2) is 22.7 Å². The predicted molar refractivity (Wildman–Crippen MR) is 62.6 cm³/mol. The lowest BCUT2D eigenvalue weighted by molar-refractivity contribution is 0.943. The topological polar surface area (TPSA) is 23.8 Å². The maximum absolute atomic E-state index is 8.66. The van der Waals surface area contributed by atoms with Crippen molar-refractivity contribution in [3.63, 3.8) is 0 Å². The van der Waals surface area contributed by atoms with Gasteiger partial charge >= 0.3 is 0 Å². The van der Waals surface area contributed by atoms with Gasteiger partial charge in [-0.2, -0.15) is 5.26 Å². The average molecular weight is 293 g/mol. The molecule has 0 aliphatic heterocycles. The highest BCUT2D eigenvalue weighted by atomic mass is 79.9. The highest BCUT2D eigenvalue weighted by molar-refractivity contribution is 9.10. The fourth-order valence-electron chi connectivity index (χ4n) is 1.11. The summed E-state index contributed by atoms with van der Waals surface area (Å²) in [4.78, 5) is 0. The van der Waals surface area contributed by atoms with Crippen molar-refractivity contribution in [2.75, 3.05) is 0 Å². The van der Waals surface area contributed by atoms with Crippen molar-refractivity contribution in [1.29, 1.82) is 5.26 Å². The van der Waals surface area contributed by atoms with Gasteiger partial charge in [-0.05, 0) is 24.1 Å². The summed E-state index contributed by atoms with van der Waals surface area (Å²) in [6.07, 6.45) is 0.334. The van der Waals surface area contributed by atoms with Gasteiger partial charge in [0.1, 0.15) is 6.07 Å². The fourth-order valence-corrected chi connectivity index (χ4v) is 1.67. The monoisotopic (exact) mass is 291 g/mol. The van der Waals surface area contributed by atoms with Crippen molar-refractivity contribution in [2.45, 2.75) is 17.7 Å². The Morgan fingerprint density at radius 1 is 1.50 bits per heavy atom. The van der Waals surface area contributed by atoms with Crippen molar-refractivity contribution in [2.24, 2.45) is 0 Å². The minimum absolute atomic E-state index is 0.334. The second kappa shape index (κ2) is 4.53. The van der Waals surface area contributed by atoms with E-state index in [0.717, 1.165) is 15.6 Å². The van der Waals surface area contributed by atoms with E-state index < -0.39 is 4.33 Å². The first-order valence-electron chi connectivity index (χ1n) is 3.99. The van der Waals surface area contributed by atoms with E-state index in [-0.39, 0.29) is 0 Å². The molecule has 0 saturated heterocycles. The number of alkyl halides is 2. The molecule has 1 aromatic carbocycles. The first-order chi connectivity index (χ1) is 6.44. The van der Waals surface area contributed by atoms with E-state index in [0.29, 0.717) is 6.42 Å². The fraction of sp³-hybridized carbons (Fsp3) is 0.300. The first kappa shape index (κ1) is 11.8. The molecule has 0 aliphatic rings. The summed E-state index contributed by atoms with van der Waals surface area (Å²) in [7, 11) is 0. The van der Waals surface area contributed by atoms with Crippen LogP contribution in [0.3, 0.4) is 0 Å². The van der Waals surface area contributed by atoms with Crippen LogP contribution in [0.1, 0.15) is 11.1 Å². The molecule has 0 amide bonds. The molecule has 0 N–H and O–H groups in total. The molecule has 0 bridgehead atoms. The standard InChI is InChI=1S/C10H8BrCl2N/c1-7-4-8(2-3-9(7)11)5-10(12,13)6-14/h2-4H,5H2,1H3. The molecule has 1 nitrogen and oxygen atoms in total. The number of aryl methyl sites for hydroxylation is 1. The smallest absolute Gasteiger partial charge is 0.195 e. The molecule has 0 radical (unpaired) electrons. The van der Waals surface area contributed by atoms with Gasteiger partial charge < -0.3 is 0 Å². The van der Waals surface area contributed by atoms with E-state index in [1.165, 1.54) is 0 Å². The van der Waals surface area contributed by atoms with Crippen LogP contribution in [0.5, 0.6) is 0 Å². The molecule has 1 rings (SSSR count). The normalized spacial score (nSPS) is 11.1. The Balaban J connectivity index is 2.90. The van der Waals surface area contributed by atoms with Crippen LogP contribution in [0, 0.1) is 18.3 Å². The van der Waals surface area contributed by atoms with Gasteiger partial charge in [-0.3, -0.25) is 0 Å². The summed E-state index contributed by atoms with van der Waals surface area (Å²) in [6.45, 7) is 1.98. The Morgan fingerprint density at radius 2 is 2.14 bits per heavy atom. The molecule has 0 fully saturated rings. The van der Waals surface area contributed by atoms with E-state index in [2.05, 4.69) is 15.9 Å². The summed E-state index contributed by atoms with van der Waals surface area (Å²) in [6, 6.07) is 7.62. The molecule has 0 aromatic heterocycles. The van der Waals surface area contributed by atoms with Gasteiger partial charge in [-0.1, -0.05) is 51.3 Å². The molecule has 0 atom stereocenters. The molecule has 4 heteroatoms. The summed E-state index contributed by atoms with van der Waals surface area (Å²) in [5, 5.41) is 8.66. The van der Waals surface area contributed by atoms with Crippen LogP contribution in [0.2, 0.25) is 0 Å². The van der Waals surface area contributed by atoms with E-state index in [4.69, 9.17) is 28.5 Å². The van der Waals surface area contributed by atoms with Crippen molar-refractivity contribution in [3.8, 4) is 6.07 Å². The maximum atomic E-state index is 8.66. The number of benzene rings is 1. The highest BCUT2D eigenvalue weighted by Gasteiger charge is 2.23. The number of nitrogens with zero attached hydrogens (tertiary/aromatic N) is 1. The zero-order valence-corrected chi connectivity index (χ0v) is 10.6. The van der Waals surface area contributed by atoms with Crippen LogP contribution >= 0.6 is 39.1 Å². The lowest BCUT2D eigenvalue weighted by Crippen LogP contribution is -2.13. The third kappa shape index (κ3) is 3.16. The van der Waals surface area contributed by atoms with Crippen LogP contribution < -0.4 is 0 Å². The number of nitriles is 1. The average Bonchev–Trinajstić information content (AvgIpc) is 2.11. The lowest BCUT2D eigenvalue weighted by Gasteiger charge is -2.10. The summed E-state index contributed by atoms with van der Waals surface area (Å²) < 4.78 is -0.298. The number of rotatable bonds is 2. The van der Waals surface area contributed by atoms with Gasteiger partial charge in [0.05, 0.1) is 0 Å². The lowest BCUT2D eigenvalue weighted by atomic mass is 10.1. The number of hydrogen-bond acceptors (Lipinski definition) is 1. The summed E-state index contributed by atoms with van der Waals surface area (Å²) >= 11 is 14.9. The Labute approximate surface area is 102 Å². The second-order valence-corrected chi connectivity index (χ2v) is 5.41. The Bertz CT molecular complexity index is 382. The molecule has 1 aromatic rings. The van der Waals surface area contributed by atoms with Crippen molar-refractivity contribution < 1.29 is 0 Å². The third-order valence-electron chi connectivity index (χ3n) is 1.81. The van der Waals surface area contributed by atoms with Gasteiger partial charge in [-0.25, -0.2) is 0 Å². The SMILES string of the molecule is Cc1cc(CC(Cl)(Cl)C#N)ccc1Br. The van der Waals surface area contributed by atoms with Crippen LogP contribution in [-0.4, -0.2) is 4.33 Å². The van der Waals surface area contributed by atoms with Gasteiger partial charge in [-0.15, -0.1) is 0 Å². The van der Waals surface area contributed by atoms with Crippen molar-refractivity contribution in [3.05, 3.63) is 33.8 Å². The molecule has 14 heavy (non-hydrogen) atoms. The Kier molecular flexibility index (Phi) is 3.83. The summed E-state index contributed by atoms with van der Waals surface area (Å²) in [5.74, 6) is 0. The Hall–Kier alpha value is -0.230. The van der Waals surface area contributed by atoms with E-state index >= 15 is 0 Å². The van der Waals surface area contributed by atoms with E-state index in [1.54, 1.807) is 0 Å². The molecular formula is C10H8BrCl2N. The second-order valence-electron chi connectivity index (χ2n) is 3.08. The largest absolute Gasteiger partial charge is 0.207 e. The summed E-state index contributed by atoms with van der Waals surface area (Å²) in [5.41, 5.74) is 2.06. The molecule has 0 heterocycles. The first-order valence-corrected chi connectivity index (χ1v) is 5.53. The van der Waals surface area contributed by atoms with Crippen LogP contribution in [0.4, 0.5) is 0 Å². The maximum Gasteiger partial charge on any atom is 0.207 e.